The van der Waals surface area contributed by atoms with Crippen molar-refractivity contribution in [3.63, 3.8) is 0 Å². The van der Waals surface area contributed by atoms with Crippen molar-refractivity contribution in [2.24, 2.45) is 11.8 Å². The number of hydrogen-bond donors (Lipinski definition) is 0. The number of nitrogens with zero attached hydrogens (tertiary/aromatic N) is 2. The third-order valence-corrected chi connectivity index (χ3v) is 7.59. The van der Waals surface area contributed by atoms with E-state index in [1.165, 1.54) is 24.3 Å². The number of imide groups is 1. The lowest BCUT2D eigenvalue weighted by Crippen LogP contribution is -2.46. The van der Waals surface area contributed by atoms with Gasteiger partial charge in [-0.3, -0.25) is 19.2 Å². The molecule has 0 aliphatic carbocycles. The molecule has 6 rings (SSSR count). The molecule has 3 aromatic rings. The van der Waals surface area contributed by atoms with Gasteiger partial charge in [0.15, 0.2) is 11.6 Å². The van der Waals surface area contributed by atoms with Crippen molar-refractivity contribution in [3.05, 3.63) is 125 Å². The molecule has 2 amide bonds. The lowest BCUT2D eigenvalue weighted by Gasteiger charge is -2.32. The van der Waals surface area contributed by atoms with Crippen LogP contribution in [0.1, 0.15) is 20.7 Å². The maximum atomic E-state index is 14.7. The van der Waals surface area contributed by atoms with Gasteiger partial charge in [-0.15, -0.1) is 0 Å². The van der Waals surface area contributed by atoms with Gasteiger partial charge in [-0.05, 0) is 42.5 Å². The highest BCUT2D eigenvalue weighted by molar-refractivity contribution is 6.30. The van der Waals surface area contributed by atoms with Crippen LogP contribution in [0.15, 0.2) is 103 Å². The minimum absolute atomic E-state index is 0.156. The summed E-state index contributed by atoms with van der Waals surface area (Å²) in [5.74, 6) is -4.63. The van der Waals surface area contributed by atoms with Gasteiger partial charge in [0.05, 0.1) is 23.6 Å². The van der Waals surface area contributed by atoms with Crippen LogP contribution in [0.5, 0.6) is 0 Å². The Labute approximate surface area is 222 Å². The monoisotopic (exact) mass is 526 g/mol. The first kappa shape index (κ1) is 24.0. The molecule has 38 heavy (non-hydrogen) atoms. The zero-order valence-electron chi connectivity index (χ0n) is 19.8. The number of benzene rings is 3. The van der Waals surface area contributed by atoms with Crippen molar-refractivity contribution in [1.29, 1.82) is 0 Å². The molecule has 2 fully saturated rings. The lowest BCUT2D eigenvalue weighted by molar-refractivity contribution is -0.123. The van der Waals surface area contributed by atoms with E-state index in [2.05, 4.69) is 0 Å². The van der Waals surface area contributed by atoms with Gasteiger partial charge in [-0.2, -0.15) is 0 Å². The fraction of sp³-hybridized carbons (Fsp3) is 0.133. The normalized spacial score (nSPS) is 23.8. The summed E-state index contributed by atoms with van der Waals surface area (Å²) in [5.41, 5.74) is 0.992. The van der Waals surface area contributed by atoms with E-state index in [-0.39, 0.29) is 17.3 Å². The number of para-hydroxylation sites is 1. The second-order valence-corrected chi connectivity index (χ2v) is 9.84. The zero-order valence-corrected chi connectivity index (χ0v) is 20.6. The summed E-state index contributed by atoms with van der Waals surface area (Å²) in [7, 11) is 0. The maximum absolute atomic E-state index is 14.7. The van der Waals surface area contributed by atoms with Crippen LogP contribution >= 0.6 is 11.6 Å². The molecule has 8 heteroatoms. The third-order valence-electron chi connectivity index (χ3n) is 7.34. The van der Waals surface area contributed by atoms with Crippen molar-refractivity contribution in [1.82, 2.24) is 4.90 Å². The first-order chi connectivity index (χ1) is 18.4. The fourth-order valence-electron chi connectivity index (χ4n) is 5.61. The molecule has 0 bridgehead atoms. The minimum atomic E-state index is -1.07. The predicted molar refractivity (Wildman–Crippen MR) is 139 cm³/mol. The molecule has 0 N–H and O–H groups in total. The van der Waals surface area contributed by atoms with Crippen LogP contribution in [0.3, 0.4) is 0 Å². The van der Waals surface area contributed by atoms with Crippen LogP contribution < -0.4 is 4.90 Å². The number of rotatable bonds is 5. The van der Waals surface area contributed by atoms with E-state index in [0.29, 0.717) is 21.7 Å². The molecule has 188 valence electrons. The van der Waals surface area contributed by atoms with Crippen molar-refractivity contribution in [2.45, 2.75) is 12.1 Å². The van der Waals surface area contributed by atoms with E-state index in [4.69, 9.17) is 11.6 Å². The largest absolute Gasteiger partial charge is 0.359 e. The fourth-order valence-corrected chi connectivity index (χ4v) is 5.74. The molecule has 4 atom stereocenters. The number of anilines is 1. The van der Waals surface area contributed by atoms with Gasteiger partial charge in [-0.25, -0.2) is 9.29 Å². The molecule has 3 aliphatic heterocycles. The van der Waals surface area contributed by atoms with Crippen LogP contribution in [0.4, 0.5) is 10.1 Å². The van der Waals surface area contributed by atoms with Crippen LogP contribution in [-0.2, 0) is 9.59 Å². The van der Waals surface area contributed by atoms with Crippen LogP contribution in [-0.4, -0.2) is 40.4 Å². The molecule has 6 nitrogen and oxygen atoms in total. The Bertz CT molecular complexity index is 1550. The van der Waals surface area contributed by atoms with E-state index in [1.807, 2.05) is 0 Å². The number of carbonyl (C=O) groups excluding carboxylic acids is 4. The van der Waals surface area contributed by atoms with Crippen LogP contribution in [0, 0.1) is 17.7 Å². The average molecular weight is 527 g/mol. The second-order valence-electron chi connectivity index (χ2n) is 9.40. The Morgan fingerprint density at radius 3 is 2.16 bits per heavy atom. The Balaban J connectivity index is 1.44. The van der Waals surface area contributed by atoms with Crippen molar-refractivity contribution in [2.75, 3.05) is 4.90 Å². The number of allylic oxidation sites excluding steroid dienone is 2. The summed E-state index contributed by atoms with van der Waals surface area (Å²) in [6.45, 7) is 0. The summed E-state index contributed by atoms with van der Waals surface area (Å²) in [6.07, 6.45) is 4.84. The van der Waals surface area contributed by atoms with Crippen molar-refractivity contribution >= 4 is 40.7 Å². The number of hydrogen-bond acceptors (Lipinski definition) is 5. The van der Waals surface area contributed by atoms with Crippen LogP contribution in [0.2, 0.25) is 5.02 Å². The lowest BCUT2D eigenvalue weighted by atomic mass is 9.85. The van der Waals surface area contributed by atoms with Crippen molar-refractivity contribution in [3.8, 4) is 0 Å². The summed E-state index contributed by atoms with van der Waals surface area (Å²) in [5, 5.41) is 0.450. The molecule has 0 aromatic heterocycles. The second kappa shape index (κ2) is 9.19. The summed E-state index contributed by atoms with van der Waals surface area (Å²) in [4.78, 5) is 57.0. The van der Waals surface area contributed by atoms with Gasteiger partial charge in [-0.1, -0.05) is 60.1 Å². The number of Topliss-reactive ketones (excluding diaryl/α,β-unsaturated/α-hetero) is 2. The number of fused-ring (bicyclic) bond motifs is 3. The molecule has 3 aliphatic rings. The van der Waals surface area contributed by atoms with Gasteiger partial charge < -0.3 is 4.90 Å². The first-order valence-electron chi connectivity index (χ1n) is 12.1. The Morgan fingerprint density at radius 2 is 1.45 bits per heavy atom. The van der Waals surface area contributed by atoms with E-state index in [1.54, 1.807) is 77.8 Å². The maximum Gasteiger partial charge on any atom is 0.240 e. The summed E-state index contributed by atoms with van der Waals surface area (Å²) >= 11 is 6.00. The highest BCUT2D eigenvalue weighted by Gasteiger charge is 2.63. The summed E-state index contributed by atoms with van der Waals surface area (Å²) in [6, 6.07) is 18.8. The number of ketones is 2. The van der Waals surface area contributed by atoms with E-state index >= 15 is 0 Å². The molecular weight excluding hydrogens is 507 g/mol. The first-order valence-corrected chi connectivity index (χ1v) is 12.4. The van der Waals surface area contributed by atoms with Gasteiger partial charge in [0.1, 0.15) is 11.9 Å². The van der Waals surface area contributed by atoms with Gasteiger partial charge >= 0.3 is 0 Å². The third kappa shape index (κ3) is 3.70. The molecular formula is C30H20ClFN2O4. The smallest absolute Gasteiger partial charge is 0.240 e. The van der Waals surface area contributed by atoms with Crippen molar-refractivity contribution < 1.29 is 23.6 Å². The number of amides is 2. The quantitative estimate of drug-likeness (QED) is 0.351. The molecule has 3 aromatic carbocycles. The minimum Gasteiger partial charge on any atom is -0.359 e. The molecule has 0 unspecified atom stereocenters. The zero-order chi connectivity index (χ0) is 26.6. The Hall–Kier alpha value is -4.36. The standard InChI is InChI=1S/C30H20ClFN2O4/c31-20-12-10-18(11-13-20)28(36)26-25-24(29(37)34(30(25)38)22-9-5-4-8-21(22)32)23-16-19(14-15-33(23)26)27(35)17-6-2-1-3-7-17/h1-16,23-26H/t23-,24-,25+,26-/m1/s1. The summed E-state index contributed by atoms with van der Waals surface area (Å²) < 4.78 is 14.7. The molecule has 0 spiro atoms. The average Bonchev–Trinajstić information content (AvgIpc) is 3.41. The Kier molecular flexibility index (Phi) is 5.80. The predicted octanol–water partition coefficient (Wildman–Crippen LogP) is 4.86. The van der Waals surface area contributed by atoms with Gasteiger partial charge in [0.2, 0.25) is 11.8 Å². The molecule has 3 heterocycles. The molecule has 0 radical (unpaired) electrons. The van der Waals surface area contributed by atoms with Gasteiger partial charge in [0.25, 0.3) is 0 Å². The van der Waals surface area contributed by atoms with E-state index < -0.39 is 41.6 Å². The van der Waals surface area contributed by atoms with E-state index in [9.17, 15) is 23.6 Å². The number of carbonyl (C=O) groups is 4. The van der Waals surface area contributed by atoms with Gasteiger partial charge in [0, 0.05) is 27.9 Å². The highest BCUT2D eigenvalue weighted by Crippen LogP contribution is 2.47. The van der Waals surface area contributed by atoms with E-state index in [0.717, 1.165) is 4.90 Å². The number of halogens is 2. The molecule has 0 saturated carbocycles. The molecule has 2 saturated heterocycles. The highest BCUT2D eigenvalue weighted by atomic mass is 35.5. The van der Waals surface area contributed by atoms with Crippen LogP contribution in [0.25, 0.3) is 0 Å². The topological polar surface area (TPSA) is 74.8 Å². The SMILES string of the molecule is O=C(C1=C[C@@H]2[C@H]3C(=O)N(c4ccccc4F)C(=O)[C@@H]3[C@H](C(=O)c3ccc(Cl)cc3)N2C=C1)c1ccccc1. The Morgan fingerprint density at radius 1 is 0.789 bits per heavy atom.